The molecule has 0 saturated carbocycles. The highest BCUT2D eigenvalue weighted by Gasteiger charge is 2.15. The van der Waals surface area contributed by atoms with Crippen LogP contribution in [0.1, 0.15) is 36.3 Å². The Morgan fingerprint density at radius 1 is 1.29 bits per heavy atom. The molecule has 0 spiro atoms. The minimum atomic E-state index is 0.105. The number of aromatic nitrogens is 2. The van der Waals surface area contributed by atoms with E-state index in [0.717, 1.165) is 29.9 Å². The lowest BCUT2D eigenvalue weighted by atomic mass is 10.0. The van der Waals surface area contributed by atoms with Gasteiger partial charge in [-0.05, 0) is 26.0 Å². The molecule has 0 aliphatic heterocycles. The molecule has 17 heavy (non-hydrogen) atoms. The Labute approximate surface area is 101 Å². The van der Waals surface area contributed by atoms with Gasteiger partial charge in [-0.3, -0.25) is 0 Å². The highest BCUT2D eigenvalue weighted by molar-refractivity contribution is 5.27. The Morgan fingerprint density at radius 2 is 2.06 bits per heavy atom. The molecule has 0 aliphatic rings. The van der Waals surface area contributed by atoms with Crippen LogP contribution < -0.4 is 5.32 Å². The molecular formula is C13H17N3O. The van der Waals surface area contributed by atoms with Crippen LogP contribution in [0.4, 0.5) is 0 Å². The Hall–Kier alpha value is -1.68. The van der Waals surface area contributed by atoms with Crippen LogP contribution in [0.5, 0.6) is 0 Å². The lowest BCUT2D eigenvalue weighted by Gasteiger charge is -2.16. The molecule has 4 heteroatoms. The van der Waals surface area contributed by atoms with Gasteiger partial charge in [-0.1, -0.05) is 6.92 Å². The normalized spacial score (nSPS) is 12.6. The molecule has 0 aromatic carbocycles. The fourth-order valence-electron chi connectivity index (χ4n) is 1.79. The number of aryl methyl sites for hydroxylation is 1. The zero-order chi connectivity index (χ0) is 12.1. The first-order valence-corrected chi connectivity index (χ1v) is 5.84. The average molecular weight is 231 g/mol. The highest BCUT2D eigenvalue weighted by atomic mass is 16.3. The van der Waals surface area contributed by atoms with Gasteiger partial charge in [0.05, 0.1) is 12.3 Å². The molecule has 1 atom stereocenters. The first kappa shape index (κ1) is 11.8. The van der Waals surface area contributed by atoms with Crippen molar-refractivity contribution in [2.24, 2.45) is 0 Å². The third-order valence-electron chi connectivity index (χ3n) is 2.60. The smallest absolute Gasteiger partial charge is 0.115 e. The van der Waals surface area contributed by atoms with Gasteiger partial charge in [0.2, 0.25) is 0 Å². The van der Waals surface area contributed by atoms with Gasteiger partial charge in [-0.25, -0.2) is 9.97 Å². The lowest BCUT2D eigenvalue weighted by molar-refractivity contribution is 0.523. The van der Waals surface area contributed by atoms with Crippen LogP contribution in [0.15, 0.2) is 35.5 Å². The van der Waals surface area contributed by atoms with Gasteiger partial charge in [-0.2, -0.15) is 0 Å². The molecule has 0 fully saturated rings. The lowest BCUT2D eigenvalue weighted by Crippen LogP contribution is -2.23. The Kier molecular flexibility index (Phi) is 3.88. The van der Waals surface area contributed by atoms with Gasteiger partial charge < -0.3 is 9.73 Å². The molecule has 0 amide bonds. The van der Waals surface area contributed by atoms with Crippen molar-refractivity contribution >= 4 is 0 Å². The molecule has 0 bridgehead atoms. The number of furan rings is 1. The maximum absolute atomic E-state index is 5.37. The Bertz CT molecular complexity index is 453. The van der Waals surface area contributed by atoms with Gasteiger partial charge in [0.15, 0.2) is 0 Å². The van der Waals surface area contributed by atoms with Crippen molar-refractivity contribution in [3.8, 4) is 0 Å². The van der Waals surface area contributed by atoms with Crippen LogP contribution in [-0.4, -0.2) is 16.5 Å². The van der Waals surface area contributed by atoms with E-state index in [1.54, 1.807) is 12.6 Å². The molecule has 1 N–H and O–H groups in total. The van der Waals surface area contributed by atoms with Crippen LogP contribution in [0.2, 0.25) is 0 Å². The van der Waals surface area contributed by atoms with E-state index in [1.165, 1.54) is 0 Å². The standard InChI is InChI=1S/C13H17N3O/c1-3-4-16-13(11-5-10(2)17-8-11)12-6-14-9-15-7-12/h5-9,13,16H,3-4H2,1-2H3. The van der Waals surface area contributed by atoms with E-state index in [0.29, 0.717) is 0 Å². The van der Waals surface area contributed by atoms with Gasteiger partial charge in [-0.15, -0.1) is 0 Å². The number of nitrogens with zero attached hydrogens (tertiary/aromatic N) is 2. The summed E-state index contributed by atoms with van der Waals surface area (Å²) in [7, 11) is 0. The molecule has 4 nitrogen and oxygen atoms in total. The van der Waals surface area contributed by atoms with Crippen LogP contribution >= 0.6 is 0 Å². The quantitative estimate of drug-likeness (QED) is 0.858. The largest absolute Gasteiger partial charge is 0.469 e. The second-order valence-corrected chi connectivity index (χ2v) is 4.05. The molecule has 1 unspecified atom stereocenters. The second-order valence-electron chi connectivity index (χ2n) is 4.05. The molecule has 0 saturated heterocycles. The minimum Gasteiger partial charge on any atom is -0.469 e. The Balaban J connectivity index is 2.25. The summed E-state index contributed by atoms with van der Waals surface area (Å²) in [6.45, 7) is 5.04. The summed E-state index contributed by atoms with van der Waals surface area (Å²) in [6, 6.07) is 2.15. The fraction of sp³-hybridized carbons (Fsp3) is 0.385. The predicted molar refractivity (Wildman–Crippen MR) is 65.6 cm³/mol. The maximum Gasteiger partial charge on any atom is 0.115 e. The van der Waals surface area contributed by atoms with E-state index in [2.05, 4.69) is 22.2 Å². The van der Waals surface area contributed by atoms with Crippen LogP contribution in [0, 0.1) is 6.92 Å². The molecule has 90 valence electrons. The molecule has 0 aliphatic carbocycles. The molecular weight excluding hydrogens is 214 g/mol. The van der Waals surface area contributed by atoms with Gasteiger partial charge >= 0.3 is 0 Å². The zero-order valence-electron chi connectivity index (χ0n) is 10.2. The van der Waals surface area contributed by atoms with Crippen molar-refractivity contribution in [1.82, 2.24) is 15.3 Å². The number of hydrogen-bond donors (Lipinski definition) is 1. The van der Waals surface area contributed by atoms with Gasteiger partial charge in [0, 0.05) is 23.5 Å². The second kappa shape index (κ2) is 5.59. The first-order chi connectivity index (χ1) is 8.31. The number of nitrogens with one attached hydrogen (secondary N) is 1. The van der Waals surface area contributed by atoms with E-state index >= 15 is 0 Å². The summed E-state index contributed by atoms with van der Waals surface area (Å²) in [4.78, 5) is 8.13. The first-order valence-electron chi connectivity index (χ1n) is 5.84. The average Bonchev–Trinajstić information content (AvgIpc) is 2.78. The van der Waals surface area contributed by atoms with Crippen LogP contribution in [-0.2, 0) is 0 Å². The van der Waals surface area contributed by atoms with Crippen LogP contribution in [0.3, 0.4) is 0 Å². The number of hydrogen-bond acceptors (Lipinski definition) is 4. The topological polar surface area (TPSA) is 51.0 Å². The van der Waals surface area contributed by atoms with Gasteiger partial charge in [0.1, 0.15) is 12.1 Å². The SMILES string of the molecule is CCCNC(c1cncnc1)c1coc(C)c1. The summed E-state index contributed by atoms with van der Waals surface area (Å²) >= 11 is 0. The fourth-order valence-corrected chi connectivity index (χ4v) is 1.79. The van der Waals surface area contributed by atoms with Crippen molar-refractivity contribution in [2.45, 2.75) is 26.3 Å². The third kappa shape index (κ3) is 2.91. The summed E-state index contributed by atoms with van der Waals surface area (Å²) in [6.07, 6.45) is 8.09. The molecule has 2 aromatic rings. The van der Waals surface area contributed by atoms with Crippen molar-refractivity contribution in [3.63, 3.8) is 0 Å². The number of rotatable bonds is 5. The van der Waals surface area contributed by atoms with E-state index in [-0.39, 0.29) is 6.04 Å². The highest BCUT2D eigenvalue weighted by Crippen LogP contribution is 2.22. The van der Waals surface area contributed by atoms with Gasteiger partial charge in [0.25, 0.3) is 0 Å². The molecule has 2 rings (SSSR count). The maximum atomic E-state index is 5.37. The van der Waals surface area contributed by atoms with Crippen LogP contribution in [0.25, 0.3) is 0 Å². The molecule has 2 heterocycles. The van der Waals surface area contributed by atoms with Crippen molar-refractivity contribution in [3.05, 3.63) is 47.9 Å². The van der Waals surface area contributed by atoms with E-state index in [1.807, 2.05) is 25.4 Å². The van der Waals surface area contributed by atoms with E-state index in [4.69, 9.17) is 4.42 Å². The van der Waals surface area contributed by atoms with Crippen molar-refractivity contribution in [2.75, 3.05) is 6.54 Å². The zero-order valence-corrected chi connectivity index (χ0v) is 10.2. The minimum absolute atomic E-state index is 0.105. The molecule has 0 radical (unpaired) electrons. The van der Waals surface area contributed by atoms with E-state index in [9.17, 15) is 0 Å². The Morgan fingerprint density at radius 3 is 2.65 bits per heavy atom. The van der Waals surface area contributed by atoms with E-state index < -0.39 is 0 Å². The summed E-state index contributed by atoms with van der Waals surface area (Å²) in [5, 5.41) is 3.48. The summed E-state index contributed by atoms with van der Waals surface area (Å²) < 4.78 is 5.37. The third-order valence-corrected chi connectivity index (χ3v) is 2.60. The summed E-state index contributed by atoms with van der Waals surface area (Å²) in [5.74, 6) is 0.917. The monoisotopic (exact) mass is 231 g/mol. The summed E-state index contributed by atoms with van der Waals surface area (Å²) in [5.41, 5.74) is 2.17. The van der Waals surface area contributed by atoms with Crippen molar-refractivity contribution in [1.29, 1.82) is 0 Å². The molecule has 2 aromatic heterocycles. The van der Waals surface area contributed by atoms with Crippen molar-refractivity contribution < 1.29 is 4.42 Å². The predicted octanol–water partition coefficient (Wildman–Crippen LogP) is 2.47.